The molecule has 8 heteroatoms. The van der Waals surface area contributed by atoms with Gasteiger partial charge in [-0.05, 0) is 42.1 Å². The van der Waals surface area contributed by atoms with Crippen LogP contribution < -0.4 is 14.8 Å². The maximum Gasteiger partial charge on any atom is 0.308 e. The third-order valence-corrected chi connectivity index (χ3v) is 4.85. The van der Waals surface area contributed by atoms with Gasteiger partial charge in [0.1, 0.15) is 11.6 Å². The van der Waals surface area contributed by atoms with Gasteiger partial charge in [-0.15, -0.1) is 11.3 Å². The summed E-state index contributed by atoms with van der Waals surface area (Å²) < 4.78 is 11.2. The first kappa shape index (κ1) is 20.7. The van der Waals surface area contributed by atoms with Gasteiger partial charge in [-0.3, -0.25) is 9.59 Å². The zero-order valence-electron chi connectivity index (χ0n) is 14.7. The molecular weight excluding hydrogens is 432 g/mol. The molecule has 1 amide bonds. The van der Waals surface area contributed by atoms with E-state index in [4.69, 9.17) is 9.47 Å². The third-order valence-electron chi connectivity index (χ3n) is 3.28. The Kier molecular flexibility index (Phi) is 7.58. The largest absolute Gasteiger partial charge is 0.490 e. The Morgan fingerprint density at radius 2 is 2.15 bits per heavy atom. The molecule has 0 fully saturated rings. The topological polar surface area (TPSA) is 88.4 Å². The van der Waals surface area contributed by atoms with Gasteiger partial charge in [0.2, 0.25) is 0 Å². The summed E-state index contributed by atoms with van der Waals surface area (Å²) in [5, 5.41) is 14.0. The van der Waals surface area contributed by atoms with Crippen LogP contribution in [0.15, 0.2) is 39.7 Å². The Morgan fingerprint density at radius 1 is 1.37 bits per heavy atom. The summed E-state index contributed by atoms with van der Waals surface area (Å²) in [5.41, 5.74) is 0.507. The molecule has 0 saturated heterocycles. The molecule has 1 N–H and O–H groups in total. The van der Waals surface area contributed by atoms with Gasteiger partial charge in [-0.25, -0.2) is 0 Å². The fourth-order valence-corrected chi connectivity index (χ4v) is 3.23. The fraction of sp³-hybridized carbons (Fsp3) is 0.211. The van der Waals surface area contributed by atoms with Crippen LogP contribution in [0, 0.1) is 11.3 Å². The lowest BCUT2D eigenvalue weighted by molar-refractivity contribution is -0.132. The molecule has 6 nitrogen and oxygen atoms in total. The third kappa shape index (κ3) is 5.94. The summed E-state index contributed by atoms with van der Waals surface area (Å²) >= 11 is 4.89. The lowest BCUT2D eigenvalue weighted by Crippen LogP contribution is -2.23. The van der Waals surface area contributed by atoms with Gasteiger partial charge in [0.05, 0.1) is 13.2 Å². The molecule has 0 aliphatic rings. The van der Waals surface area contributed by atoms with Gasteiger partial charge in [0, 0.05) is 16.3 Å². The van der Waals surface area contributed by atoms with Crippen LogP contribution >= 0.6 is 27.3 Å². The number of carbonyl (C=O) groups excluding carboxylic acids is 2. The van der Waals surface area contributed by atoms with E-state index in [2.05, 4.69) is 21.2 Å². The Balaban J connectivity index is 2.28. The predicted molar refractivity (Wildman–Crippen MR) is 106 cm³/mol. The van der Waals surface area contributed by atoms with E-state index in [0.29, 0.717) is 28.9 Å². The van der Waals surface area contributed by atoms with Gasteiger partial charge >= 0.3 is 5.97 Å². The minimum absolute atomic E-state index is 0.0464. The van der Waals surface area contributed by atoms with Crippen molar-refractivity contribution in [3.05, 3.63) is 50.1 Å². The number of amides is 1. The van der Waals surface area contributed by atoms with Crippen LogP contribution in [0.2, 0.25) is 0 Å². The minimum Gasteiger partial charge on any atom is -0.490 e. The molecule has 0 bridgehead atoms. The Morgan fingerprint density at radius 3 is 2.74 bits per heavy atom. The van der Waals surface area contributed by atoms with Crippen molar-refractivity contribution in [2.24, 2.45) is 0 Å². The fourth-order valence-electron chi connectivity index (χ4n) is 2.14. The summed E-state index contributed by atoms with van der Waals surface area (Å²) in [5.74, 6) is -0.343. The lowest BCUT2D eigenvalue weighted by atomic mass is 10.1. The molecule has 1 heterocycles. The highest BCUT2D eigenvalue weighted by molar-refractivity contribution is 9.10. The Labute approximate surface area is 169 Å². The second-order valence-corrected chi connectivity index (χ2v) is 7.17. The summed E-state index contributed by atoms with van der Waals surface area (Å²) in [6.07, 6.45) is 1.45. The van der Waals surface area contributed by atoms with E-state index in [-0.39, 0.29) is 11.3 Å². The van der Waals surface area contributed by atoms with E-state index in [0.717, 1.165) is 4.88 Å². The molecule has 0 radical (unpaired) electrons. The van der Waals surface area contributed by atoms with E-state index < -0.39 is 11.9 Å². The highest BCUT2D eigenvalue weighted by Crippen LogP contribution is 2.35. The van der Waals surface area contributed by atoms with Crippen LogP contribution in [0.4, 0.5) is 0 Å². The Bertz CT molecular complexity index is 901. The van der Waals surface area contributed by atoms with Crippen molar-refractivity contribution < 1.29 is 19.1 Å². The van der Waals surface area contributed by atoms with E-state index in [1.807, 2.05) is 23.6 Å². The van der Waals surface area contributed by atoms with Gasteiger partial charge in [-0.1, -0.05) is 22.0 Å². The number of ether oxygens (including phenoxy) is 2. The molecule has 2 rings (SSSR count). The summed E-state index contributed by atoms with van der Waals surface area (Å²) in [6.45, 7) is 3.81. The molecular formula is C19H17BrN2O4S. The molecule has 0 aliphatic carbocycles. The smallest absolute Gasteiger partial charge is 0.308 e. The number of thiophene rings is 1. The summed E-state index contributed by atoms with van der Waals surface area (Å²) in [4.78, 5) is 24.5. The molecule has 0 spiro atoms. The van der Waals surface area contributed by atoms with Crippen molar-refractivity contribution >= 4 is 45.2 Å². The number of nitrogens with one attached hydrogen (secondary N) is 1. The van der Waals surface area contributed by atoms with Crippen molar-refractivity contribution in [3.63, 3.8) is 0 Å². The van der Waals surface area contributed by atoms with Gasteiger partial charge in [0.25, 0.3) is 5.91 Å². The van der Waals surface area contributed by atoms with Crippen LogP contribution in [0.5, 0.6) is 11.5 Å². The van der Waals surface area contributed by atoms with E-state index in [1.54, 1.807) is 19.1 Å². The van der Waals surface area contributed by atoms with Crippen LogP contribution in [0.3, 0.4) is 0 Å². The standard InChI is InChI=1S/C19H17BrN2O4S/c1-3-25-17-8-13(16(20)9-18(17)26-12(2)23)7-14(10-21)19(24)22-11-15-5-4-6-27-15/h4-9H,3,11H2,1-2H3,(H,22,24)/b14-7+. The number of nitriles is 1. The van der Waals surface area contributed by atoms with Crippen LogP contribution in [-0.4, -0.2) is 18.5 Å². The quantitative estimate of drug-likeness (QED) is 0.298. The number of carbonyl (C=O) groups is 2. The van der Waals surface area contributed by atoms with Crippen molar-refractivity contribution in [3.8, 4) is 17.6 Å². The highest BCUT2D eigenvalue weighted by Gasteiger charge is 2.15. The number of hydrogen-bond acceptors (Lipinski definition) is 6. The first-order chi connectivity index (χ1) is 12.9. The maximum atomic E-state index is 12.3. The number of hydrogen-bond donors (Lipinski definition) is 1. The molecule has 0 saturated carbocycles. The number of rotatable bonds is 7. The van der Waals surface area contributed by atoms with Crippen molar-refractivity contribution in [1.82, 2.24) is 5.32 Å². The molecule has 0 atom stereocenters. The monoisotopic (exact) mass is 448 g/mol. The molecule has 1 aromatic carbocycles. The number of nitrogens with zero attached hydrogens (tertiary/aromatic N) is 1. The Hall–Kier alpha value is -2.63. The first-order valence-corrected chi connectivity index (χ1v) is 9.69. The van der Waals surface area contributed by atoms with Gasteiger partial charge in [0.15, 0.2) is 11.5 Å². The average molecular weight is 449 g/mol. The highest BCUT2D eigenvalue weighted by atomic mass is 79.9. The molecule has 2 aromatic rings. The van der Waals surface area contributed by atoms with E-state index in [1.165, 1.54) is 24.3 Å². The molecule has 140 valence electrons. The van der Waals surface area contributed by atoms with Crippen molar-refractivity contribution in [2.45, 2.75) is 20.4 Å². The summed E-state index contributed by atoms with van der Waals surface area (Å²) in [7, 11) is 0. The normalized spacial score (nSPS) is 10.8. The molecule has 27 heavy (non-hydrogen) atoms. The number of esters is 1. The van der Waals surface area contributed by atoms with Gasteiger partial charge in [-0.2, -0.15) is 5.26 Å². The van der Waals surface area contributed by atoms with Crippen LogP contribution in [0.1, 0.15) is 24.3 Å². The van der Waals surface area contributed by atoms with E-state index >= 15 is 0 Å². The lowest BCUT2D eigenvalue weighted by Gasteiger charge is -2.12. The maximum absolute atomic E-state index is 12.3. The average Bonchev–Trinajstić information content (AvgIpc) is 3.14. The van der Waals surface area contributed by atoms with Crippen molar-refractivity contribution in [1.29, 1.82) is 5.26 Å². The molecule has 1 aromatic heterocycles. The van der Waals surface area contributed by atoms with Crippen LogP contribution in [0.25, 0.3) is 6.08 Å². The SMILES string of the molecule is CCOc1cc(/C=C(\C#N)C(=O)NCc2cccs2)c(Br)cc1OC(C)=O. The molecule has 0 unspecified atom stereocenters. The predicted octanol–water partition coefficient (Wildman–Crippen LogP) is 4.06. The van der Waals surface area contributed by atoms with Crippen LogP contribution in [-0.2, 0) is 16.1 Å². The van der Waals surface area contributed by atoms with Gasteiger partial charge < -0.3 is 14.8 Å². The number of halogens is 1. The minimum atomic E-state index is -0.475. The zero-order valence-corrected chi connectivity index (χ0v) is 17.1. The summed E-state index contributed by atoms with van der Waals surface area (Å²) in [6, 6.07) is 8.88. The number of benzene rings is 1. The molecule has 0 aliphatic heterocycles. The first-order valence-electron chi connectivity index (χ1n) is 8.01. The second-order valence-electron chi connectivity index (χ2n) is 5.28. The second kappa shape index (κ2) is 9.90. The zero-order chi connectivity index (χ0) is 19.8. The van der Waals surface area contributed by atoms with E-state index in [9.17, 15) is 14.9 Å². The van der Waals surface area contributed by atoms with Crippen molar-refractivity contribution in [2.75, 3.05) is 6.61 Å².